The Morgan fingerprint density at radius 2 is 2.40 bits per heavy atom. The van der Waals surface area contributed by atoms with Crippen molar-refractivity contribution < 1.29 is 4.79 Å². The molecule has 1 aromatic heterocycles. The first-order valence-corrected chi connectivity index (χ1v) is 5.00. The van der Waals surface area contributed by atoms with Gasteiger partial charge >= 0.3 is 0 Å². The summed E-state index contributed by atoms with van der Waals surface area (Å²) in [5.74, 6) is -0.00468. The van der Waals surface area contributed by atoms with E-state index in [1.54, 1.807) is 35.1 Å². The van der Waals surface area contributed by atoms with Gasteiger partial charge in [-0.25, -0.2) is 0 Å². The van der Waals surface area contributed by atoms with Crippen molar-refractivity contribution in [3.8, 4) is 0 Å². The highest BCUT2D eigenvalue weighted by Crippen LogP contribution is 1.93. The zero-order chi connectivity index (χ0) is 11.3. The molecule has 0 spiro atoms. The summed E-state index contributed by atoms with van der Waals surface area (Å²) in [5.41, 5.74) is 5.35. The van der Waals surface area contributed by atoms with Gasteiger partial charge in [-0.3, -0.25) is 9.48 Å². The molecule has 0 bridgehead atoms. The number of amides is 1. The minimum atomic E-state index is -0.00468. The number of likely N-dealkylation sites (N-methyl/N-ethyl adjacent to an activating group) is 1. The summed E-state index contributed by atoms with van der Waals surface area (Å²) in [6.07, 6.45) is 3.94. The van der Waals surface area contributed by atoms with Crippen LogP contribution in [-0.4, -0.2) is 39.2 Å². The third-order valence-electron chi connectivity index (χ3n) is 1.98. The van der Waals surface area contributed by atoms with Crippen LogP contribution in [0.3, 0.4) is 0 Å². The molecule has 0 aliphatic heterocycles. The van der Waals surface area contributed by atoms with Crippen molar-refractivity contribution in [1.82, 2.24) is 14.7 Å². The van der Waals surface area contributed by atoms with Crippen molar-refractivity contribution in [3.05, 3.63) is 18.5 Å². The molecule has 0 aliphatic carbocycles. The Labute approximate surface area is 93.8 Å². The third-order valence-corrected chi connectivity index (χ3v) is 2.18. The maximum atomic E-state index is 11.6. The molecule has 82 valence electrons. The Kier molecular flexibility index (Phi) is 4.23. The van der Waals surface area contributed by atoms with Gasteiger partial charge in [0.25, 0.3) is 0 Å². The maximum Gasteiger partial charge on any atom is 0.244 e. The van der Waals surface area contributed by atoms with Crippen LogP contribution in [0, 0.1) is 0 Å². The SMILES string of the molecule is CN(CCC(N)=S)C(=O)Cn1cccn1. The summed E-state index contributed by atoms with van der Waals surface area (Å²) in [6, 6.07) is 1.78. The summed E-state index contributed by atoms with van der Waals surface area (Å²) in [6.45, 7) is 0.802. The number of hydrogen-bond acceptors (Lipinski definition) is 3. The largest absolute Gasteiger partial charge is 0.393 e. The van der Waals surface area contributed by atoms with Crippen LogP contribution in [0.25, 0.3) is 0 Å². The highest BCUT2D eigenvalue weighted by atomic mass is 32.1. The van der Waals surface area contributed by atoms with Gasteiger partial charge in [0.1, 0.15) is 6.54 Å². The minimum absolute atomic E-state index is 0.00468. The van der Waals surface area contributed by atoms with Gasteiger partial charge in [-0.2, -0.15) is 5.10 Å². The maximum absolute atomic E-state index is 11.6. The van der Waals surface area contributed by atoms with Crippen LogP contribution in [0.5, 0.6) is 0 Å². The first kappa shape index (κ1) is 11.6. The van der Waals surface area contributed by atoms with E-state index in [1.165, 1.54) is 0 Å². The molecule has 1 amide bonds. The normalized spacial score (nSPS) is 9.93. The summed E-state index contributed by atoms with van der Waals surface area (Å²) in [5, 5.41) is 3.95. The predicted octanol–water partition coefficient (Wildman–Crippen LogP) is 0.0177. The zero-order valence-corrected chi connectivity index (χ0v) is 9.41. The van der Waals surface area contributed by atoms with Crippen LogP contribution >= 0.6 is 12.2 Å². The van der Waals surface area contributed by atoms with Gasteiger partial charge in [0.2, 0.25) is 5.91 Å². The second-order valence-electron chi connectivity index (χ2n) is 3.24. The van der Waals surface area contributed by atoms with Gasteiger partial charge in [0, 0.05) is 32.4 Å². The molecular weight excluding hydrogens is 212 g/mol. The van der Waals surface area contributed by atoms with Gasteiger partial charge < -0.3 is 10.6 Å². The number of hydrogen-bond donors (Lipinski definition) is 1. The Hall–Kier alpha value is -1.43. The summed E-state index contributed by atoms with van der Waals surface area (Å²) < 4.78 is 1.58. The van der Waals surface area contributed by atoms with Crippen molar-refractivity contribution in [1.29, 1.82) is 0 Å². The molecule has 0 aromatic carbocycles. The average Bonchev–Trinajstić information content (AvgIpc) is 2.66. The predicted molar refractivity (Wildman–Crippen MR) is 61.3 cm³/mol. The lowest BCUT2D eigenvalue weighted by Gasteiger charge is -2.16. The first-order valence-electron chi connectivity index (χ1n) is 4.59. The second kappa shape index (κ2) is 5.45. The molecule has 0 fully saturated rings. The third kappa shape index (κ3) is 4.07. The van der Waals surface area contributed by atoms with Gasteiger partial charge in [-0.15, -0.1) is 0 Å². The Balaban J connectivity index is 2.36. The smallest absolute Gasteiger partial charge is 0.244 e. The van der Waals surface area contributed by atoms with E-state index in [4.69, 9.17) is 18.0 Å². The van der Waals surface area contributed by atoms with E-state index >= 15 is 0 Å². The molecule has 0 radical (unpaired) electrons. The molecule has 1 aromatic rings. The van der Waals surface area contributed by atoms with Gasteiger partial charge in [-0.1, -0.05) is 12.2 Å². The van der Waals surface area contributed by atoms with Crippen LogP contribution in [-0.2, 0) is 11.3 Å². The van der Waals surface area contributed by atoms with Crippen LogP contribution in [0.2, 0.25) is 0 Å². The molecule has 15 heavy (non-hydrogen) atoms. The van der Waals surface area contributed by atoms with E-state index in [0.717, 1.165) is 0 Å². The quantitative estimate of drug-likeness (QED) is 0.719. The molecule has 2 N–H and O–H groups in total. The van der Waals surface area contributed by atoms with E-state index in [0.29, 0.717) is 18.0 Å². The van der Waals surface area contributed by atoms with Gasteiger partial charge in [-0.05, 0) is 6.07 Å². The summed E-state index contributed by atoms with van der Waals surface area (Å²) in [4.78, 5) is 13.6. The molecule has 0 saturated carbocycles. The first-order chi connectivity index (χ1) is 7.09. The van der Waals surface area contributed by atoms with E-state index in [2.05, 4.69) is 5.10 Å². The van der Waals surface area contributed by atoms with Crippen molar-refractivity contribution in [3.63, 3.8) is 0 Å². The van der Waals surface area contributed by atoms with Crippen molar-refractivity contribution in [2.45, 2.75) is 13.0 Å². The van der Waals surface area contributed by atoms with Crippen molar-refractivity contribution in [2.75, 3.05) is 13.6 Å². The van der Waals surface area contributed by atoms with Crippen molar-refractivity contribution >= 4 is 23.1 Å². The van der Waals surface area contributed by atoms with E-state index in [-0.39, 0.29) is 12.5 Å². The molecular formula is C9H14N4OS. The fraction of sp³-hybridized carbons (Fsp3) is 0.444. The number of aromatic nitrogens is 2. The van der Waals surface area contributed by atoms with Crippen LogP contribution < -0.4 is 5.73 Å². The van der Waals surface area contributed by atoms with E-state index in [9.17, 15) is 4.79 Å². The standard InChI is InChI=1S/C9H14N4OS/c1-12(6-3-8(10)15)9(14)7-13-5-2-4-11-13/h2,4-5H,3,6-7H2,1H3,(H2,10,15). The summed E-state index contributed by atoms with van der Waals surface area (Å²) >= 11 is 4.74. The number of nitrogens with zero attached hydrogens (tertiary/aromatic N) is 3. The zero-order valence-electron chi connectivity index (χ0n) is 8.59. The van der Waals surface area contributed by atoms with Crippen molar-refractivity contribution in [2.24, 2.45) is 5.73 Å². The van der Waals surface area contributed by atoms with Gasteiger partial charge in [0.05, 0.1) is 4.99 Å². The number of nitrogens with two attached hydrogens (primary N) is 1. The number of thiocarbonyl (C=S) groups is 1. The Morgan fingerprint density at radius 3 is 2.93 bits per heavy atom. The molecule has 1 heterocycles. The van der Waals surface area contributed by atoms with Crippen LogP contribution in [0.15, 0.2) is 18.5 Å². The monoisotopic (exact) mass is 226 g/mol. The highest BCUT2D eigenvalue weighted by molar-refractivity contribution is 7.80. The lowest BCUT2D eigenvalue weighted by Crippen LogP contribution is -2.32. The minimum Gasteiger partial charge on any atom is -0.393 e. The fourth-order valence-corrected chi connectivity index (χ4v) is 1.15. The number of carbonyl (C=O) groups excluding carboxylic acids is 1. The lowest BCUT2D eigenvalue weighted by molar-refractivity contribution is -0.130. The number of carbonyl (C=O) groups is 1. The Bertz CT molecular complexity index is 336. The average molecular weight is 226 g/mol. The molecule has 1 rings (SSSR count). The second-order valence-corrected chi connectivity index (χ2v) is 3.76. The summed E-state index contributed by atoms with van der Waals surface area (Å²) in [7, 11) is 1.73. The Morgan fingerprint density at radius 1 is 1.67 bits per heavy atom. The van der Waals surface area contributed by atoms with E-state index in [1.807, 2.05) is 0 Å². The molecule has 0 unspecified atom stereocenters. The fourth-order valence-electron chi connectivity index (χ4n) is 1.06. The highest BCUT2D eigenvalue weighted by Gasteiger charge is 2.09. The molecule has 0 saturated heterocycles. The molecule has 0 atom stereocenters. The van der Waals surface area contributed by atoms with Crippen LogP contribution in [0.1, 0.15) is 6.42 Å². The van der Waals surface area contributed by atoms with Gasteiger partial charge in [0.15, 0.2) is 0 Å². The molecule has 6 heteroatoms. The number of rotatable bonds is 5. The lowest BCUT2D eigenvalue weighted by atomic mass is 10.4. The molecule has 5 nitrogen and oxygen atoms in total. The van der Waals surface area contributed by atoms with Crippen LogP contribution in [0.4, 0.5) is 0 Å². The molecule has 0 aliphatic rings. The topological polar surface area (TPSA) is 64.2 Å². The van der Waals surface area contributed by atoms with E-state index < -0.39 is 0 Å².